The topological polar surface area (TPSA) is 78.1 Å². The fourth-order valence-electron chi connectivity index (χ4n) is 1.38. The average molecular weight is 200 g/mol. The Morgan fingerprint density at radius 2 is 1.54 bits per heavy atom. The smallest absolute Gasteiger partial charge is 0.0454 e. The molecule has 0 amide bonds. The van der Waals surface area contributed by atoms with Crippen LogP contribution in [0.25, 0.3) is 0 Å². The summed E-state index contributed by atoms with van der Waals surface area (Å²) in [5.41, 5.74) is 19.6. The van der Waals surface area contributed by atoms with Crippen LogP contribution in [0.2, 0.25) is 5.02 Å². The van der Waals surface area contributed by atoms with Crippen LogP contribution in [0.3, 0.4) is 0 Å². The Morgan fingerprint density at radius 3 is 2.00 bits per heavy atom. The number of hydrogen-bond donors (Lipinski definition) is 3. The van der Waals surface area contributed by atoms with E-state index in [0.717, 1.165) is 16.7 Å². The predicted molar refractivity (Wildman–Crippen MR) is 55.1 cm³/mol. The molecule has 0 saturated carbocycles. The van der Waals surface area contributed by atoms with Gasteiger partial charge in [-0.3, -0.25) is 0 Å². The SMILES string of the molecule is NCc1ccc(Cl)c(CN)c1CN. The van der Waals surface area contributed by atoms with Gasteiger partial charge in [0.15, 0.2) is 0 Å². The van der Waals surface area contributed by atoms with Crippen LogP contribution in [0.15, 0.2) is 12.1 Å². The quantitative estimate of drug-likeness (QED) is 0.671. The maximum atomic E-state index is 5.96. The maximum absolute atomic E-state index is 5.96. The summed E-state index contributed by atoms with van der Waals surface area (Å²) in [6, 6.07) is 3.70. The zero-order chi connectivity index (χ0) is 9.84. The molecule has 1 rings (SSSR count). The number of rotatable bonds is 3. The maximum Gasteiger partial charge on any atom is 0.0454 e. The predicted octanol–water partition coefficient (Wildman–Crippen LogP) is 0.716. The zero-order valence-electron chi connectivity index (χ0n) is 7.39. The molecule has 0 aromatic heterocycles. The Labute approximate surface area is 82.8 Å². The largest absolute Gasteiger partial charge is 0.326 e. The Morgan fingerprint density at radius 1 is 0.923 bits per heavy atom. The molecule has 0 aliphatic rings. The lowest BCUT2D eigenvalue weighted by Gasteiger charge is -2.12. The number of halogens is 1. The molecule has 1 aromatic rings. The summed E-state index contributed by atoms with van der Waals surface area (Å²) in [6.07, 6.45) is 0. The van der Waals surface area contributed by atoms with E-state index in [1.54, 1.807) is 0 Å². The van der Waals surface area contributed by atoms with Crippen molar-refractivity contribution in [1.29, 1.82) is 0 Å². The van der Waals surface area contributed by atoms with E-state index in [-0.39, 0.29) is 0 Å². The Kier molecular flexibility index (Phi) is 3.69. The van der Waals surface area contributed by atoms with Gasteiger partial charge in [0.2, 0.25) is 0 Å². The van der Waals surface area contributed by atoms with E-state index in [9.17, 15) is 0 Å². The molecular weight excluding hydrogens is 186 g/mol. The van der Waals surface area contributed by atoms with Crippen LogP contribution in [-0.4, -0.2) is 0 Å². The third-order valence-corrected chi connectivity index (χ3v) is 2.45. The van der Waals surface area contributed by atoms with Gasteiger partial charge in [0.1, 0.15) is 0 Å². The van der Waals surface area contributed by atoms with Gasteiger partial charge in [0.05, 0.1) is 0 Å². The van der Waals surface area contributed by atoms with Crippen molar-refractivity contribution in [3.63, 3.8) is 0 Å². The van der Waals surface area contributed by atoms with Crippen LogP contribution in [0.5, 0.6) is 0 Å². The van der Waals surface area contributed by atoms with Crippen LogP contribution in [-0.2, 0) is 19.6 Å². The minimum Gasteiger partial charge on any atom is -0.326 e. The van der Waals surface area contributed by atoms with Crippen molar-refractivity contribution in [3.05, 3.63) is 33.8 Å². The second-order valence-electron chi connectivity index (χ2n) is 2.78. The lowest BCUT2D eigenvalue weighted by atomic mass is 10.0. The van der Waals surface area contributed by atoms with E-state index >= 15 is 0 Å². The van der Waals surface area contributed by atoms with Gasteiger partial charge in [0, 0.05) is 24.7 Å². The lowest BCUT2D eigenvalue weighted by molar-refractivity contribution is 0.929. The molecule has 0 heterocycles. The monoisotopic (exact) mass is 199 g/mol. The van der Waals surface area contributed by atoms with Crippen LogP contribution in [0, 0.1) is 0 Å². The van der Waals surface area contributed by atoms with Crippen molar-refractivity contribution in [2.24, 2.45) is 17.2 Å². The summed E-state index contributed by atoms with van der Waals surface area (Å²) >= 11 is 5.96. The highest BCUT2D eigenvalue weighted by Crippen LogP contribution is 2.22. The molecule has 0 aliphatic carbocycles. The molecule has 6 N–H and O–H groups in total. The molecule has 0 spiro atoms. The standard InChI is InChI=1S/C9H14ClN3/c10-9-2-1-6(3-11)7(4-12)8(9)5-13/h1-2H,3-5,11-13H2. The minimum atomic E-state index is 0.402. The molecule has 13 heavy (non-hydrogen) atoms. The highest BCUT2D eigenvalue weighted by molar-refractivity contribution is 6.31. The molecule has 3 nitrogen and oxygen atoms in total. The van der Waals surface area contributed by atoms with Gasteiger partial charge in [-0.1, -0.05) is 17.7 Å². The summed E-state index contributed by atoms with van der Waals surface area (Å²) in [7, 11) is 0. The second-order valence-corrected chi connectivity index (χ2v) is 3.18. The van der Waals surface area contributed by atoms with Crippen molar-refractivity contribution in [3.8, 4) is 0 Å². The normalized spacial score (nSPS) is 10.5. The molecule has 1 aromatic carbocycles. The van der Waals surface area contributed by atoms with Crippen LogP contribution in [0.4, 0.5) is 0 Å². The molecule has 0 atom stereocenters. The Hall–Kier alpha value is -0.610. The van der Waals surface area contributed by atoms with Gasteiger partial charge in [-0.05, 0) is 22.8 Å². The van der Waals surface area contributed by atoms with E-state index in [2.05, 4.69) is 0 Å². The average Bonchev–Trinajstić information content (AvgIpc) is 2.17. The van der Waals surface area contributed by atoms with Crippen molar-refractivity contribution >= 4 is 11.6 Å². The van der Waals surface area contributed by atoms with Crippen LogP contribution >= 0.6 is 11.6 Å². The van der Waals surface area contributed by atoms with Gasteiger partial charge in [-0.25, -0.2) is 0 Å². The highest BCUT2D eigenvalue weighted by Gasteiger charge is 2.08. The van der Waals surface area contributed by atoms with E-state index in [0.29, 0.717) is 24.7 Å². The van der Waals surface area contributed by atoms with E-state index < -0.39 is 0 Å². The molecule has 0 radical (unpaired) electrons. The highest BCUT2D eigenvalue weighted by atomic mass is 35.5. The van der Waals surface area contributed by atoms with Gasteiger partial charge >= 0.3 is 0 Å². The van der Waals surface area contributed by atoms with Crippen molar-refractivity contribution in [1.82, 2.24) is 0 Å². The molecule has 72 valence electrons. The fraction of sp³-hybridized carbons (Fsp3) is 0.333. The van der Waals surface area contributed by atoms with Crippen LogP contribution < -0.4 is 17.2 Å². The van der Waals surface area contributed by atoms with Gasteiger partial charge in [-0.2, -0.15) is 0 Å². The third kappa shape index (κ3) is 2.00. The van der Waals surface area contributed by atoms with Gasteiger partial charge in [-0.15, -0.1) is 0 Å². The summed E-state index contributed by atoms with van der Waals surface area (Å²) in [5, 5.41) is 0.667. The van der Waals surface area contributed by atoms with Crippen LogP contribution in [0.1, 0.15) is 16.7 Å². The third-order valence-electron chi connectivity index (χ3n) is 2.10. The first-order valence-electron chi connectivity index (χ1n) is 4.14. The first-order chi connectivity index (χ1) is 6.24. The molecular formula is C9H14ClN3. The van der Waals surface area contributed by atoms with Crippen molar-refractivity contribution < 1.29 is 0 Å². The molecule has 0 bridgehead atoms. The summed E-state index contributed by atoms with van der Waals surface area (Å²) in [4.78, 5) is 0. The molecule has 0 saturated heterocycles. The molecule has 4 heteroatoms. The first kappa shape index (κ1) is 10.5. The van der Waals surface area contributed by atoms with Crippen molar-refractivity contribution in [2.45, 2.75) is 19.6 Å². The summed E-state index contributed by atoms with van der Waals surface area (Å²) in [6.45, 7) is 1.30. The van der Waals surface area contributed by atoms with Gasteiger partial charge in [0.25, 0.3) is 0 Å². The summed E-state index contributed by atoms with van der Waals surface area (Å²) < 4.78 is 0. The minimum absolute atomic E-state index is 0.402. The first-order valence-corrected chi connectivity index (χ1v) is 4.51. The molecule has 0 unspecified atom stereocenters. The number of nitrogens with two attached hydrogens (primary N) is 3. The zero-order valence-corrected chi connectivity index (χ0v) is 8.14. The molecule has 0 fully saturated rings. The van der Waals surface area contributed by atoms with E-state index in [4.69, 9.17) is 28.8 Å². The number of hydrogen-bond acceptors (Lipinski definition) is 3. The van der Waals surface area contributed by atoms with Gasteiger partial charge < -0.3 is 17.2 Å². The Balaban J connectivity index is 3.27. The second kappa shape index (κ2) is 4.58. The Bertz CT molecular complexity index is 299. The molecule has 0 aliphatic heterocycles. The lowest BCUT2D eigenvalue weighted by Crippen LogP contribution is -2.12. The number of benzene rings is 1. The summed E-state index contributed by atoms with van der Waals surface area (Å²) in [5.74, 6) is 0. The van der Waals surface area contributed by atoms with E-state index in [1.165, 1.54) is 0 Å². The van der Waals surface area contributed by atoms with Crippen molar-refractivity contribution in [2.75, 3.05) is 0 Å². The van der Waals surface area contributed by atoms with E-state index in [1.807, 2.05) is 12.1 Å². The fourth-order valence-corrected chi connectivity index (χ4v) is 1.63.